The van der Waals surface area contributed by atoms with Crippen LogP contribution in [0.3, 0.4) is 0 Å². The Kier molecular flexibility index (Phi) is 4.30. The number of rotatable bonds is 5. The minimum atomic E-state index is -0.186. The zero-order valence-corrected chi connectivity index (χ0v) is 12.1. The maximum absolute atomic E-state index is 12.5. The third kappa shape index (κ3) is 2.49. The molecule has 0 aliphatic heterocycles. The second-order valence-electron chi connectivity index (χ2n) is 4.46. The van der Waals surface area contributed by atoms with Crippen molar-refractivity contribution in [1.29, 1.82) is 0 Å². The summed E-state index contributed by atoms with van der Waals surface area (Å²) >= 11 is 6.10. The van der Waals surface area contributed by atoms with E-state index in [4.69, 9.17) is 16.0 Å². The van der Waals surface area contributed by atoms with Gasteiger partial charge in [-0.1, -0.05) is 35.9 Å². The second kappa shape index (κ2) is 5.97. The molecule has 2 aromatic rings. The fraction of sp³-hybridized carbons (Fsp3) is 0.188. The molecule has 0 atom stereocenters. The first kappa shape index (κ1) is 14.4. The number of halogens is 1. The Bertz CT molecular complexity index is 662. The Labute approximate surface area is 123 Å². The lowest BCUT2D eigenvalue weighted by Crippen LogP contribution is -2.31. The largest absolute Gasteiger partial charge is 0.449 e. The highest BCUT2D eigenvalue weighted by atomic mass is 35.5. The number of para-hydroxylation sites is 1. The number of furan rings is 1. The zero-order valence-electron chi connectivity index (χ0n) is 11.4. The molecule has 0 saturated heterocycles. The molecule has 0 spiro atoms. The van der Waals surface area contributed by atoms with Gasteiger partial charge in [0.1, 0.15) is 0 Å². The quantitative estimate of drug-likeness (QED) is 0.773. The van der Waals surface area contributed by atoms with Crippen molar-refractivity contribution in [1.82, 2.24) is 4.90 Å². The summed E-state index contributed by atoms with van der Waals surface area (Å²) in [4.78, 5) is 14.1. The summed E-state index contributed by atoms with van der Waals surface area (Å²) in [7, 11) is 0. The van der Waals surface area contributed by atoms with Crippen LogP contribution >= 0.6 is 11.6 Å². The first-order chi connectivity index (χ1) is 9.60. The van der Waals surface area contributed by atoms with Crippen molar-refractivity contribution in [3.05, 3.63) is 59.9 Å². The lowest BCUT2D eigenvalue weighted by Gasteiger charge is -2.18. The van der Waals surface area contributed by atoms with Crippen LogP contribution in [0.15, 0.2) is 47.9 Å². The highest BCUT2D eigenvalue weighted by Crippen LogP contribution is 2.31. The molecule has 0 unspecified atom stereocenters. The number of hydrogen-bond acceptors (Lipinski definition) is 2. The molecule has 1 heterocycles. The van der Waals surface area contributed by atoms with Crippen LogP contribution in [-0.4, -0.2) is 23.9 Å². The Morgan fingerprint density at radius 3 is 2.55 bits per heavy atom. The molecule has 0 N–H and O–H groups in total. The molecular weight excluding hydrogens is 274 g/mol. The van der Waals surface area contributed by atoms with Crippen molar-refractivity contribution in [3.63, 3.8) is 0 Å². The van der Waals surface area contributed by atoms with E-state index in [2.05, 4.69) is 13.2 Å². The minimum Gasteiger partial charge on any atom is -0.449 e. The van der Waals surface area contributed by atoms with Gasteiger partial charge >= 0.3 is 0 Å². The first-order valence-corrected chi connectivity index (χ1v) is 6.66. The maximum atomic E-state index is 12.5. The standard InChI is InChI=1S/C16H16ClNO2/c1-4-9-18(10-5-2)16(19)14-11(3)12-7-6-8-13(17)15(12)20-14/h4-8H,1-2,9-10H2,3H3. The lowest BCUT2D eigenvalue weighted by atomic mass is 10.1. The van der Waals surface area contributed by atoms with Crippen LogP contribution in [0.5, 0.6) is 0 Å². The van der Waals surface area contributed by atoms with Gasteiger partial charge in [0.05, 0.1) is 5.02 Å². The maximum Gasteiger partial charge on any atom is 0.290 e. The monoisotopic (exact) mass is 289 g/mol. The van der Waals surface area contributed by atoms with Gasteiger partial charge in [-0.25, -0.2) is 0 Å². The summed E-state index contributed by atoms with van der Waals surface area (Å²) in [5.41, 5.74) is 1.35. The van der Waals surface area contributed by atoms with Crippen LogP contribution in [-0.2, 0) is 0 Å². The van der Waals surface area contributed by atoms with Crippen molar-refractivity contribution in [2.24, 2.45) is 0 Å². The normalized spacial score (nSPS) is 10.5. The van der Waals surface area contributed by atoms with Gasteiger partial charge in [0.2, 0.25) is 0 Å². The van der Waals surface area contributed by atoms with Crippen LogP contribution in [0.1, 0.15) is 16.1 Å². The van der Waals surface area contributed by atoms with Crippen molar-refractivity contribution in [2.45, 2.75) is 6.92 Å². The van der Waals surface area contributed by atoms with E-state index in [1.54, 1.807) is 23.1 Å². The number of nitrogens with zero attached hydrogens (tertiary/aromatic N) is 1. The van der Waals surface area contributed by atoms with E-state index < -0.39 is 0 Å². The molecule has 0 bridgehead atoms. The number of carbonyl (C=O) groups excluding carboxylic acids is 1. The molecule has 20 heavy (non-hydrogen) atoms. The SMILES string of the molecule is C=CCN(CC=C)C(=O)c1oc2c(Cl)cccc2c1C. The fourth-order valence-electron chi connectivity index (χ4n) is 2.11. The number of amides is 1. The van der Waals surface area contributed by atoms with E-state index in [0.29, 0.717) is 29.5 Å². The van der Waals surface area contributed by atoms with Crippen LogP contribution in [0.4, 0.5) is 0 Å². The van der Waals surface area contributed by atoms with E-state index in [9.17, 15) is 4.79 Å². The average Bonchev–Trinajstić information content (AvgIpc) is 2.77. The summed E-state index contributed by atoms with van der Waals surface area (Å²) in [5.74, 6) is 0.131. The molecule has 1 aromatic heterocycles. The van der Waals surface area contributed by atoms with Crippen molar-refractivity contribution < 1.29 is 9.21 Å². The molecule has 0 saturated carbocycles. The highest BCUT2D eigenvalue weighted by molar-refractivity contribution is 6.35. The van der Waals surface area contributed by atoms with Gasteiger partial charge in [-0.3, -0.25) is 4.79 Å². The third-order valence-corrected chi connectivity index (χ3v) is 3.39. The number of carbonyl (C=O) groups is 1. The van der Waals surface area contributed by atoms with Crippen molar-refractivity contribution in [2.75, 3.05) is 13.1 Å². The average molecular weight is 290 g/mol. The molecule has 0 aliphatic carbocycles. The predicted octanol–water partition coefficient (Wildman–Crippen LogP) is 4.21. The number of hydrogen-bond donors (Lipinski definition) is 0. The smallest absolute Gasteiger partial charge is 0.290 e. The summed E-state index contributed by atoms with van der Waals surface area (Å²) in [6.07, 6.45) is 3.35. The van der Waals surface area contributed by atoms with Gasteiger partial charge in [0.15, 0.2) is 11.3 Å². The van der Waals surface area contributed by atoms with Gasteiger partial charge in [-0.05, 0) is 13.0 Å². The van der Waals surface area contributed by atoms with Gasteiger partial charge in [0.25, 0.3) is 5.91 Å². The summed E-state index contributed by atoms with van der Waals surface area (Å²) in [6, 6.07) is 5.47. The molecule has 0 aliphatic rings. The summed E-state index contributed by atoms with van der Waals surface area (Å²) < 4.78 is 5.67. The Morgan fingerprint density at radius 2 is 2.00 bits per heavy atom. The van der Waals surface area contributed by atoms with E-state index >= 15 is 0 Å². The molecule has 104 valence electrons. The topological polar surface area (TPSA) is 33.5 Å². The molecule has 1 amide bonds. The van der Waals surface area contributed by atoms with Crippen LogP contribution < -0.4 is 0 Å². The van der Waals surface area contributed by atoms with E-state index in [1.807, 2.05) is 19.1 Å². The van der Waals surface area contributed by atoms with Crippen LogP contribution in [0.2, 0.25) is 5.02 Å². The number of fused-ring (bicyclic) bond motifs is 1. The Balaban J connectivity index is 2.48. The molecule has 2 rings (SSSR count). The molecule has 0 radical (unpaired) electrons. The third-order valence-electron chi connectivity index (χ3n) is 3.10. The van der Waals surface area contributed by atoms with Crippen LogP contribution in [0.25, 0.3) is 11.0 Å². The van der Waals surface area contributed by atoms with E-state index in [-0.39, 0.29) is 5.91 Å². The van der Waals surface area contributed by atoms with Gasteiger partial charge < -0.3 is 9.32 Å². The second-order valence-corrected chi connectivity index (χ2v) is 4.87. The summed E-state index contributed by atoms with van der Waals surface area (Å²) in [6.45, 7) is 10.1. The number of aryl methyl sites for hydroxylation is 1. The molecule has 1 aromatic carbocycles. The number of benzene rings is 1. The molecular formula is C16H16ClNO2. The Morgan fingerprint density at radius 1 is 1.35 bits per heavy atom. The predicted molar refractivity (Wildman–Crippen MR) is 82.3 cm³/mol. The minimum absolute atomic E-state index is 0.186. The lowest BCUT2D eigenvalue weighted by molar-refractivity contribution is 0.0760. The molecule has 3 nitrogen and oxygen atoms in total. The summed E-state index contributed by atoms with van der Waals surface area (Å²) in [5, 5.41) is 1.36. The first-order valence-electron chi connectivity index (χ1n) is 6.28. The molecule has 0 fully saturated rings. The van der Waals surface area contributed by atoms with Crippen molar-refractivity contribution in [3.8, 4) is 0 Å². The zero-order chi connectivity index (χ0) is 14.7. The Hall–Kier alpha value is -2.00. The van der Waals surface area contributed by atoms with Gasteiger partial charge in [-0.15, -0.1) is 13.2 Å². The molecule has 4 heteroatoms. The van der Waals surface area contributed by atoms with Crippen molar-refractivity contribution >= 4 is 28.5 Å². The highest BCUT2D eigenvalue weighted by Gasteiger charge is 2.22. The van der Waals surface area contributed by atoms with E-state index in [0.717, 1.165) is 10.9 Å². The van der Waals surface area contributed by atoms with Gasteiger partial charge in [0, 0.05) is 24.0 Å². The van der Waals surface area contributed by atoms with Gasteiger partial charge in [-0.2, -0.15) is 0 Å². The van der Waals surface area contributed by atoms with Crippen LogP contribution in [0, 0.1) is 6.92 Å². The fourth-order valence-corrected chi connectivity index (χ4v) is 2.32. The van der Waals surface area contributed by atoms with E-state index in [1.165, 1.54) is 0 Å².